The van der Waals surface area contributed by atoms with Crippen LogP contribution in [0, 0.1) is 5.41 Å². The topological polar surface area (TPSA) is 49.3 Å². The van der Waals surface area contributed by atoms with E-state index in [0.29, 0.717) is 18.0 Å². The summed E-state index contributed by atoms with van der Waals surface area (Å²) in [5.74, 6) is 0.371. The minimum atomic E-state index is -0.105. The lowest BCUT2D eigenvalue weighted by Gasteiger charge is -2.26. The van der Waals surface area contributed by atoms with Crippen LogP contribution in [0.5, 0.6) is 0 Å². The lowest BCUT2D eigenvalue weighted by molar-refractivity contribution is 0.0880. The number of amides is 1. The Balaban J connectivity index is 1.93. The monoisotopic (exact) mass is 281 g/mol. The second-order valence-corrected chi connectivity index (χ2v) is 5.65. The van der Waals surface area contributed by atoms with E-state index in [9.17, 15) is 9.90 Å². The summed E-state index contributed by atoms with van der Waals surface area (Å²) >= 11 is 5.71. The van der Waals surface area contributed by atoms with Gasteiger partial charge < -0.3 is 10.4 Å². The Labute approximate surface area is 119 Å². The van der Waals surface area contributed by atoms with Gasteiger partial charge >= 0.3 is 0 Å². The van der Waals surface area contributed by atoms with E-state index < -0.39 is 0 Å². The van der Waals surface area contributed by atoms with Crippen molar-refractivity contribution in [3.63, 3.8) is 0 Å². The molecule has 19 heavy (non-hydrogen) atoms. The minimum absolute atomic E-state index is 0.0825. The number of hydrogen-bond donors (Lipinski definition) is 2. The van der Waals surface area contributed by atoms with Crippen LogP contribution in [0.25, 0.3) is 0 Å². The average Bonchev–Trinajstić information content (AvgIpc) is 2.94. The van der Waals surface area contributed by atoms with Gasteiger partial charge in [0.05, 0.1) is 6.61 Å². The van der Waals surface area contributed by atoms with Gasteiger partial charge in [0.1, 0.15) is 0 Å². The largest absolute Gasteiger partial charge is 0.396 e. The number of nitrogens with one attached hydrogen (secondary N) is 1. The van der Waals surface area contributed by atoms with Crippen LogP contribution in [0.1, 0.15) is 41.6 Å². The van der Waals surface area contributed by atoms with Gasteiger partial charge in [0, 0.05) is 23.4 Å². The summed E-state index contributed by atoms with van der Waals surface area (Å²) in [5, 5.41) is 12.4. The van der Waals surface area contributed by atoms with E-state index in [1.807, 2.05) is 12.1 Å². The van der Waals surface area contributed by atoms with Gasteiger partial charge in [-0.3, -0.25) is 4.79 Å². The predicted octanol–water partition coefficient (Wildman–Crippen LogP) is 2.71. The third-order valence-corrected chi connectivity index (χ3v) is 4.30. The fourth-order valence-electron chi connectivity index (χ4n) is 2.63. The number of aliphatic hydroxyl groups is 1. The molecule has 2 N–H and O–H groups in total. The van der Waals surface area contributed by atoms with Crippen molar-refractivity contribution in [3.8, 4) is 0 Å². The molecule has 0 atom stereocenters. The fourth-order valence-corrected chi connectivity index (χ4v) is 2.81. The maximum absolute atomic E-state index is 12.0. The first-order valence-electron chi connectivity index (χ1n) is 6.73. The van der Waals surface area contributed by atoms with Gasteiger partial charge in [-0.15, -0.1) is 11.6 Å². The number of alkyl halides is 1. The van der Waals surface area contributed by atoms with Crippen LogP contribution in [0.15, 0.2) is 24.3 Å². The summed E-state index contributed by atoms with van der Waals surface area (Å²) in [5.41, 5.74) is 1.53. The lowest BCUT2D eigenvalue weighted by Crippen LogP contribution is -2.38. The SMILES string of the molecule is O=C(NCC1(CO)CCCC1)c1ccc(CCl)cc1. The molecule has 0 aliphatic heterocycles. The first-order valence-corrected chi connectivity index (χ1v) is 7.26. The number of aliphatic hydroxyl groups excluding tert-OH is 1. The van der Waals surface area contributed by atoms with Crippen LogP contribution in [-0.4, -0.2) is 24.2 Å². The number of carbonyl (C=O) groups is 1. The van der Waals surface area contributed by atoms with Crippen molar-refractivity contribution in [2.45, 2.75) is 31.6 Å². The molecule has 0 unspecified atom stereocenters. The molecule has 0 radical (unpaired) electrons. The Hall–Kier alpha value is -1.06. The van der Waals surface area contributed by atoms with Crippen molar-refractivity contribution in [2.24, 2.45) is 5.41 Å². The molecule has 1 saturated carbocycles. The van der Waals surface area contributed by atoms with E-state index in [-0.39, 0.29) is 17.9 Å². The molecule has 0 saturated heterocycles. The maximum Gasteiger partial charge on any atom is 0.251 e. The normalized spacial score (nSPS) is 17.4. The van der Waals surface area contributed by atoms with Crippen molar-refractivity contribution >= 4 is 17.5 Å². The van der Waals surface area contributed by atoms with Gasteiger partial charge in [-0.25, -0.2) is 0 Å². The molecule has 2 rings (SSSR count). The molecule has 1 aromatic carbocycles. The summed E-state index contributed by atoms with van der Waals surface area (Å²) in [6.07, 6.45) is 4.27. The van der Waals surface area contributed by atoms with Crippen molar-refractivity contribution in [3.05, 3.63) is 35.4 Å². The highest BCUT2D eigenvalue weighted by Crippen LogP contribution is 2.36. The standard InChI is InChI=1S/C15H20ClNO2/c16-9-12-3-5-13(6-4-12)14(19)17-10-15(11-18)7-1-2-8-15/h3-6,18H,1-2,7-11H2,(H,17,19). The zero-order chi connectivity index (χ0) is 13.7. The Morgan fingerprint density at radius 3 is 2.42 bits per heavy atom. The predicted molar refractivity (Wildman–Crippen MR) is 76.3 cm³/mol. The molecule has 3 nitrogen and oxygen atoms in total. The van der Waals surface area contributed by atoms with Gasteiger partial charge in [-0.1, -0.05) is 25.0 Å². The molecular formula is C15H20ClNO2. The van der Waals surface area contributed by atoms with Crippen molar-refractivity contribution in [2.75, 3.05) is 13.2 Å². The summed E-state index contributed by atoms with van der Waals surface area (Å²) < 4.78 is 0. The van der Waals surface area contributed by atoms with E-state index in [4.69, 9.17) is 11.6 Å². The van der Waals surface area contributed by atoms with Gasteiger partial charge in [-0.2, -0.15) is 0 Å². The summed E-state index contributed by atoms with van der Waals surface area (Å²) in [4.78, 5) is 12.0. The second kappa shape index (κ2) is 6.40. The van der Waals surface area contributed by atoms with Crippen LogP contribution in [-0.2, 0) is 5.88 Å². The smallest absolute Gasteiger partial charge is 0.251 e. The zero-order valence-corrected chi connectivity index (χ0v) is 11.7. The first kappa shape index (κ1) is 14.4. The van der Waals surface area contributed by atoms with Gasteiger partial charge in [-0.05, 0) is 30.5 Å². The third-order valence-electron chi connectivity index (χ3n) is 3.99. The highest BCUT2D eigenvalue weighted by Gasteiger charge is 2.33. The summed E-state index contributed by atoms with van der Waals surface area (Å²) in [6, 6.07) is 7.29. The van der Waals surface area contributed by atoms with Crippen molar-refractivity contribution in [1.82, 2.24) is 5.32 Å². The van der Waals surface area contributed by atoms with E-state index in [1.54, 1.807) is 12.1 Å². The molecule has 1 aliphatic carbocycles. The molecule has 1 amide bonds. The number of hydrogen-bond acceptors (Lipinski definition) is 2. The minimum Gasteiger partial charge on any atom is -0.396 e. The molecule has 104 valence electrons. The Bertz CT molecular complexity index is 424. The van der Waals surface area contributed by atoms with Gasteiger partial charge in [0.25, 0.3) is 5.91 Å². The van der Waals surface area contributed by atoms with Crippen LogP contribution >= 0.6 is 11.6 Å². The first-order chi connectivity index (χ1) is 9.19. The quantitative estimate of drug-likeness (QED) is 0.816. The number of benzene rings is 1. The van der Waals surface area contributed by atoms with Crippen LogP contribution in [0.2, 0.25) is 0 Å². The highest BCUT2D eigenvalue weighted by atomic mass is 35.5. The second-order valence-electron chi connectivity index (χ2n) is 5.38. The van der Waals surface area contributed by atoms with E-state index >= 15 is 0 Å². The molecule has 1 aliphatic rings. The average molecular weight is 282 g/mol. The van der Waals surface area contributed by atoms with Crippen LogP contribution < -0.4 is 5.32 Å². The van der Waals surface area contributed by atoms with Gasteiger partial charge in [0.15, 0.2) is 0 Å². The molecule has 1 fully saturated rings. The maximum atomic E-state index is 12.0. The molecule has 0 bridgehead atoms. The molecule has 0 spiro atoms. The third kappa shape index (κ3) is 3.48. The Kier molecular flexibility index (Phi) is 4.83. The fraction of sp³-hybridized carbons (Fsp3) is 0.533. The Morgan fingerprint density at radius 2 is 1.89 bits per heavy atom. The van der Waals surface area contributed by atoms with E-state index in [1.165, 1.54) is 0 Å². The number of carbonyl (C=O) groups excluding carboxylic acids is 1. The summed E-state index contributed by atoms with van der Waals surface area (Å²) in [7, 11) is 0. The summed E-state index contributed by atoms with van der Waals surface area (Å²) in [6.45, 7) is 0.706. The Morgan fingerprint density at radius 1 is 1.26 bits per heavy atom. The lowest BCUT2D eigenvalue weighted by atomic mass is 9.87. The molecular weight excluding hydrogens is 262 g/mol. The number of halogens is 1. The molecule has 4 heteroatoms. The van der Waals surface area contributed by atoms with Crippen LogP contribution in [0.3, 0.4) is 0 Å². The molecule has 0 heterocycles. The van der Waals surface area contributed by atoms with Crippen LogP contribution in [0.4, 0.5) is 0 Å². The zero-order valence-electron chi connectivity index (χ0n) is 11.0. The van der Waals surface area contributed by atoms with Gasteiger partial charge in [0.2, 0.25) is 0 Å². The molecule has 0 aromatic heterocycles. The van der Waals surface area contributed by atoms with E-state index in [0.717, 1.165) is 31.2 Å². The van der Waals surface area contributed by atoms with Crippen molar-refractivity contribution in [1.29, 1.82) is 0 Å². The van der Waals surface area contributed by atoms with Crippen molar-refractivity contribution < 1.29 is 9.90 Å². The highest BCUT2D eigenvalue weighted by molar-refractivity contribution is 6.17. The molecule has 1 aromatic rings. The number of rotatable bonds is 5. The van der Waals surface area contributed by atoms with E-state index in [2.05, 4.69) is 5.32 Å².